The molecule has 0 bridgehead atoms. The molecule has 0 aliphatic heterocycles. The lowest BCUT2D eigenvalue weighted by Crippen LogP contribution is -2.45. The Morgan fingerprint density at radius 1 is 1.06 bits per heavy atom. The molecule has 2 nitrogen and oxygen atoms in total. The van der Waals surface area contributed by atoms with E-state index in [1.165, 1.54) is 25.7 Å². The summed E-state index contributed by atoms with van der Waals surface area (Å²) in [5, 5.41) is 14.0. The Kier molecular flexibility index (Phi) is 4.14. The Hall–Kier alpha value is -0.0800. The Bertz CT molecular complexity index is 233. The summed E-state index contributed by atoms with van der Waals surface area (Å²) in [5.74, 6) is 0.874. The van der Waals surface area contributed by atoms with Crippen LogP contribution < -0.4 is 5.32 Å². The van der Waals surface area contributed by atoms with Crippen molar-refractivity contribution < 1.29 is 5.11 Å². The third kappa shape index (κ3) is 3.96. The summed E-state index contributed by atoms with van der Waals surface area (Å²) in [4.78, 5) is 0. The van der Waals surface area contributed by atoms with E-state index in [0.29, 0.717) is 5.41 Å². The van der Waals surface area contributed by atoms with Gasteiger partial charge in [0.15, 0.2) is 0 Å². The predicted octanol–water partition coefficient (Wildman–Crippen LogP) is 3.10. The molecule has 2 fully saturated rings. The third-order valence-electron chi connectivity index (χ3n) is 4.90. The van der Waals surface area contributed by atoms with Crippen molar-refractivity contribution in [1.82, 2.24) is 5.32 Å². The highest BCUT2D eigenvalue weighted by Gasteiger charge is 2.36. The second kappa shape index (κ2) is 5.27. The Labute approximate surface area is 106 Å². The van der Waals surface area contributed by atoms with Gasteiger partial charge in [-0.15, -0.1) is 0 Å². The Balaban J connectivity index is 1.67. The van der Waals surface area contributed by atoms with Gasteiger partial charge in [-0.3, -0.25) is 0 Å². The van der Waals surface area contributed by atoms with Crippen molar-refractivity contribution in [1.29, 1.82) is 0 Å². The number of aliphatic hydroxyl groups is 1. The normalized spacial score (nSPS) is 28.4. The molecule has 2 saturated carbocycles. The summed E-state index contributed by atoms with van der Waals surface area (Å²) in [6.07, 6.45) is 9.85. The van der Waals surface area contributed by atoms with Gasteiger partial charge in [-0.05, 0) is 56.4 Å². The second-order valence-corrected chi connectivity index (χ2v) is 7.17. The minimum absolute atomic E-state index is 0.422. The van der Waals surface area contributed by atoms with E-state index in [9.17, 15) is 5.11 Å². The van der Waals surface area contributed by atoms with E-state index < -0.39 is 5.60 Å². The molecule has 17 heavy (non-hydrogen) atoms. The van der Waals surface area contributed by atoms with E-state index in [-0.39, 0.29) is 0 Å². The topological polar surface area (TPSA) is 32.3 Å². The molecule has 2 heteroatoms. The van der Waals surface area contributed by atoms with Crippen molar-refractivity contribution in [3.8, 4) is 0 Å². The number of nitrogens with one attached hydrogen (secondary N) is 1. The van der Waals surface area contributed by atoms with Crippen molar-refractivity contribution in [2.45, 2.75) is 70.8 Å². The monoisotopic (exact) mass is 239 g/mol. The lowest BCUT2D eigenvalue weighted by Gasteiger charge is -2.40. The van der Waals surface area contributed by atoms with Crippen LogP contribution in [0, 0.1) is 11.3 Å². The molecule has 0 unspecified atom stereocenters. The second-order valence-electron chi connectivity index (χ2n) is 7.17. The van der Waals surface area contributed by atoms with E-state index in [4.69, 9.17) is 0 Å². The molecule has 0 amide bonds. The molecule has 2 N–H and O–H groups in total. The molecule has 0 spiro atoms. The minimum Gasteiger partial charge on any atom is -0.389 e. The van der Waals surface area contributed by atoms with Gasteiger partial charge in [-0.2, -0.15) is 0 Å². The highest BCUT2D eigenvalue weighted by Crippen LogP contribution is 2.39. The fraction of sp³-hybridized carbons (Fsp3) is 1.00. The average Bonchev–Trinajstić information content (AvgIpc) is 2.77. The summed E-state index contributed by atoms with van der Waals surface area (Å²) in [5.41, 5.74) is 0.0196. The van der Waals surface area contributed by atoms with Crippen molar-refractivity contribution in [2.24, 2.45) is 11.3 Å². The van der Waals surface area contributed by atoms with E-state index in [2.05, 4.69) is 19.2 Å². The molecular formula is C15H29NO. The van der Waals surface area contributed by atoms with Gasteiger partial charge < -0.3 is 10.4 Å². The van der Waals surface area contributed by atoms with Crippen LogP contribution in [-0.2, 0) is 0 Å². The summed E-state index contributed by atoms with van der Waals surface area (Å²) < 4.78 is 0. The largest absolute Gasteiger partial charge is 0.389 e. The first-order chi connectivity index (χ1) is 7.99. The zero-order valence-corrected chi connectivity index (χ0v) is 11.6. The molecule has 100 valence electrons. The molecule has 2 aliphatic rings. The molecule has 0 saturated heterocycles. The van der Waals surface area contributed by atoms with Crippen molar-refractivity contribution in [3.63, 3.8) is 0 Å². The SMILES string of the molecule is CC1(C)CCC(O)(CNCC2CCCC2)CC1. The lowest BCUT2D eigenvalue weighted by molar-refractivity contribution is -0.0246. The summed E-state index contributed by atoms with van der Waals surface area (Å²) in [7, 11) is 0. The van der Waals surface area contributed by atoms with E-state index >= 15 is 0 Å². The van der Waals surface area contributed by atoms with Crippen LogP contribution in [0.15, 0.2) is 0 Å². The molecule has 0 aromatic rings. The van der Waals surface area contributed by atoms with Crippen LogP contribution in [0.2, 0.25) is 0 Å². The van der Waals surface area contributed by atoms with Gasteiger partial charge in [0.2, 0.25) is 0 Å². The van der Waals surface area contributed by atoms with E-state index in [0.717, 1.165) is 44.7 Å². The van der Waals surface area contributed by atoms with Crippen molar-refractivity contribution in [3.05, 3.63) is 0 Å². The smallest absolute Gasteiger partial charge is 0.0772 e. The van der Waals surface area contributed by atoms with Gasteiger partial charge >= 0.3 is 0 Å². The van der Waals surface area contributed by atoms with E-state index in [1.807, 2.05) is 0 Å². The van der Waals surface area contributed by atoms with Gasteiger partial charge in [0.05, 0.1) is 5.60 Å². The van der Waals surface area contributed by atoms with Crippen LogP contribution in [0.4, 0.5) is 0 Å². The van der Waals surface area contributed by atoms with Crippen LogP contribution in [0.5, 0.6) is 0 Å². The maximum absolute atomic E-state index is 10.5. The fourth-order valence-corrected chi connectivity index (χ4v) is 3.29. The Morgan fingerprint density at radius 2 is 1.65 bits per heavy atom. The standard InChI is InChI=1S/C15H29NO/c1-14(2)7-9-15(17,10-8-14)12-16-11-13-5-3-4-6-13/h13,16-17H,3-12H2,1-2H3. The van der Waals surface area contributed by atoms with Crippen LogP contribution >= 0.6 is 0 Å². The van der Waals surface area contributed by atoms with Crippen molar-refractivity contribution in [2.75, 3.05) is 13.1 Å². The molecule has 0 aromatic heterocycles. The summed E-state index contributed by atoms with van der Waals surface area (Å²) in [6, 6.07) is 0. The molecule has 0 aromatic carbocycles. The fourth-order valence-electron chi connectivity index (χ4n) is 3.29. The van der Waals surface area contributed by atoms with E-state index in [1.54, 1.807) is 0 Å². The minimum atomic E-state index is -0.422. The van der Waals surface area contributed by atoms with Gasteiger partial charge in [0, 0.05) is 6.54 Å². The maximum atomic E-state index is 10.5. The van der Waals surface area contributed by atoms with Crippen LogP contribution in [0.1, 0.15) is 65.2 Å². The Morgan fingerprint density at radius 3 is 2.24 bits per heavy atom. The van der Waals surface area contributed by atoms with Crippen LogP contribution in [0.25, 0.3) is 0 Å². The lowest BCUT2D eigenvalue weighted by atomic mass is 9.71. The summed E-state index contributed by atoms with van der Waals surface area (Å²) >= 11 is 0. The first-order valence-corrected chi connectivity index (χ1v) is 7.42. The van der Waals surface area contributed by atoms with Crippen LogP contribution in [0.3, 0.4) is 0 Å². The maximum Gasteiger partial charge on any atom is 0.0772 e. The quantitative estimate of drug-likeness (QED) is 0.790. The molecular weight excluding hydrogens is 210 g/mol. The van der Waals surface area contributed by atoms with Gasteiger partial charge in [0.25, 0.3) is 0 Å². The van der Waals surface area contributed by atoms with Crippen molar-refractivity contribution >= 4 is 0 Å². The average molecular weight is 239 g/mol. The zero-order chi connectivity index (χ0) is 12.4. The zero-order valence-electron chi connectivity index (χ0n) is 11.6. The number of hydrogen-bond donors (Lipinski definition) is 2. The summed E-state index contributed by atoms with van der Waals surface area (Å²) in [6.45, 7) is 6.56. The third-order valence-corrected chi connectivity index (χ3v) is 4.90. The van der Waals surface area contributed by atoms with Gasteiger partial charge in [-0.25, -0.2) is 0 Å². The number of rotatable bonds is 4. The molecule has 2 rings (SSSR count). The molecule has 0 heterocycles. The first kappa shape index (κ1) is 13.4. The molecule has 2 aliphatic carbocycles. The highest BCUT2D eigenvalue weighted by atomic mass is 16.3. The van der Waals surface area contributed by atoms with Crippen LogP contribution in [-0.4, -0.2) is 23.8 Å². The first-order valence-electron chi connectivity index (χ1n) is 7.42. The predicted molar refractivity (Wildman–Crippen MR) is 72.0 cm³/mol. The number of hydrogen-bond acceptors (Lipinski definition) is 2. The van der Waals surface area contributed by atoms with Gasteiger partial charge in [0.1, 0.15) is 0 Å². The van der Waals surface area contributed by atoms with Gasteiger partial charge in [-0.1, -0.05) is 26.7 Å². The molecule has 0 atom stereocenters. The highest BCUT2D eigenvalue weighted by molar-refractivity contribution is 4.90. The molecule has 0 radical (unpaired) electrons.